The molecule has 9 amide bonds. The van der Waals surface area contributed by atoms with E-state index in [4.69, 9.17) is 11.5 Å². The number of aliphatic hydroxyl groups excluding tert-OH is 1. The van der Waals surface area contributed by atoms with Crippen LogP contribution < -0.4 is 54.0 Å². The molecular formula is C57H80N12O11S2. The number of phenols is 1. The van der Waals surface area contributed by atoms with Crippen LogP contribution in [-0.4, -0.2) is 159 Å². The quantitative estimate of drug-likeness (QED) is 0.0221. The number of H-pyrrole nitrogens is 1. The van der Waals surface area contributed by atoms with Crippen LogP contribution in [0.15, 0.2) is 72.9 Å². The highest BCUT2D eigenvalue weighted by molar-refractivity contribution is 7.80. The van der Waals surface area contributed by atoms with Gasteiger partial charge in [0.25, 0.3) is 0 Å². The van der Waals surface area contributed by atoms with E-state index in [9.17, 15) is 53.4 Å². The van der Waals surface area contributed by atoms with Gasteiger partial charge in [-0.3, -0.25) is 43.2 Å². The van der Waals surface area contributed by atoms with Gasteiger partial charge in [-0.2, -0.15) is 25.3 Å². The Hall–Kier alpha value is -7.19. The third-order valence-electron chi connectivity index (χ3n) is 14.1. The number of para-hydroxylation sites is 1. The van der Waals surface area contributed by atoms with E-state index in [0.717, 1.165) is 53.6 Å². The van der Waals surface area contributed by atoms with Gasteiger partial charge in [0.1, 0.15) is 48.0 Å². The third kappa shape index (κ3) is 19.8. The zero-order valence-corrected chi connectivity index (χ0v) is 48.4. The van der Waals surface area contributed by atoms with Crippen LogP contribution in [0.5, 0.6) is 5.75 Å². The Kier molecular flexibility index (Phi) is 26.4. The maximum atomic E-state index is 14.7. The topological polar surface area (TPSA) is 361 Å². The van der Waals surface area contributed by atoms with E-state index < -0.39 is 95.7 Å². The molecule has 4 aromatic rings. The third-order valence-corrected chi connectivity index (χ3v) is 14.8. The number of carbonyl (C=O) groups excluding carboxylic acids is 9. The first-order valence-corrected chi connectivity index (χ1v) is 29.0. The Labute approximate surface area is 488 Å². The second-order valence-corrected chi connectivity index (χ2v) is 21.1. The molecule has 0 saturated heterocycles. The number of aromatic nitrogens is 1. The number of anilines is 1. The molecule has 0 aliphatic carbocycles. The van der Waals surface area contributed by atoms with Gasteiger partial charge in [-0.25, -0.2) is 0 Å². The summed E-state index contributed by atoms with van der Waals surface area (Å²) in [5.41, 5.74) is 16.0. The number of aromatic hydroxyl groups is 1. The summed E-state index contributed by atoms with van der Waals surface area (Å²) in [5, 5.41) is 42.3. The maximum absolute atomic E-state index is 14.7. The molecule has 0 bridgehead atoms. The van der Waals surface area contributed by atoms with Crippen molar-refractivity contribution in [2.24, 2.45) is 11.5 Å². The number of hydrogen-bond acceptors (Lipinski definition) is 15. The van der Waals surface area contributed by atoms with Crippen molar-refractivity contribution in [1.82, 2.24) is 47.1 Å². The Morgan fingerprint density at radius 2 is 1.27 bits per heavy atom. The Morgan fingerprint density at radius 3 is 1.91 bits per heavy atom. The van der Waals surface area contributed by atoms with Gasteiger partial charge in [0.15, 0.2) is 0 Å². The van der Waals surface area contributed by atoms with Crippen molar-refractivity contribution in [3.8, 4) is 5.75 Å². The van der Waals surface area contributed by atoms with E-state index in [2.05, 4.69) is 84.6 Å². The average Bonchev–Trinajstić information content (AvgIpc) is 4.13. The second-order valence-electron chi connectivity index (χ2n) is 20.4. The Balaban J connectivity index is 1.32. The summed E-state index contributed by atoms with van der Waals surface area (Å²) in [6.07, 6.45) is 3.59. The van der Waals surface area contributed by atoms with Crippen molar-refractivity contribution in [2.45, 2.75) is 140 Å². The number of carbonyl (C=O) groups is 9. The van der Waals surface area contributed by atoms with Crippen molar-refractivity contribution in [3.05, 3.63) is 95.2 Å². The number of nitrogens with two attached hydrogens (primary N) is 2. The zero-order valence-electron chi connectivity index (χ0n) is 46.6. The van der Waals surface area contributed by atoms with Crippen LogP contribution >= 0.6 is 25.3 Å². The first-order valence-electron chi connectivity index (χ1n) is 27.8. The van der Waals surface area contributed by atoms with E-state index >= 15 is 0 Å². The smallest absolute Gasteiger partial charge is 0.244 e. The highest BCUT2D eigenvalue weighted by Crippen LogP contribution is 2.27. The monoisotopic (exact) mass is 1170 g/mol. The molecule has 0 radical (unpaired) electrons. The van der Waals surface area contributed by atoms with E-state index in [1.165, 1.54) is 19.1 Å². The number of aliphatic hydroxyl groups is 1. The summed E-state index contributed by atoms with van der Waals surface area (Å²) < 4.78 is 0. The lowest BCUT2D eigenvalue weighted by molar-refractivity contribution is -0.135. The van der Waals surface area contributed by atoms with Crippen LogP contribution in [0.2, 0.25) is 0 Å². The molecular weight excluding hydrogens is 1090 g/mol. The zero-order chi connectivity index (χ0) is 59.9. The number of nitrogens with one attached hydrogen (secondary N) is 9. The van der Waals surface area contributed by atoms with Gasteiger partial charge < -0.3 is 74.1 Å². The minimum absolute atomic E-state index is 0.0287. The van der Waals surface area contributed by atoms with E-state index in [-0.39, 0.29) is 61.8 Å². The predicted octanol–water partition coefficient (Wildman–Crippen LogP) is 0.547. The lowest BCUT2D eigenvalue weighted by Crippen LogP contribution is -2.61. The van der Waals surface area contributed by atoms with Crippen molar-refractivity contribution in [1.29, 1.82) is 0 Å². The van der Waals surface area contributed by atoms with Gasteiger partial charge in [0, 0.05) is 60.1 Å². The highest BCUT2D eigenvalue weighted by atomic mass is 32.1. The molecule has 0 saturated carbocycles. The first kappa shape index (κ1) is 65.6. The maximum Gasteiger partial charge on any atom is 0.244 e. The molecule has 1 aromatic heterocycles. The molecule has 23 nitrogen and oxygen atoms in total. The lowest BCUT2D eigenvalue weighted by Gasteiger charge is -2.28. The van der Waals surface area contributed by atoms with Gasteiger partial charge in [-0.05, 0) is 118 Å². The van der Waals surface area contributed by atoms with E-state index in [0.29, 0.717) is 43.4 Å². The highest BCUT2D eigenvalue weighted by Gasteiger charge is 2.35. The first-order chi connectivity index (χ1) is 39.3. The number of benzene rings is 3. The largest absolute Gasteiger partial charge is 0.508 e. The summed E-state index contributed by atoms with van der Waals surface area (Å²) in [7, 11) is 0. The number of fused-ring (bicyclic) bond motifs is 2. The van der Waals surface area contributed by atoms with E-state index in [1.54, 1.807) is 25.3 Å². The second kappa shape index (κ2) is 33.0. The number of unbranched alkanes of at least 4 members (excludes halogenated alkanes) is 1. The summed E-state index contributed by atoms with van der Waals surface area (Å²) >= 11 is 8.56. The summed E-state index contributed by atoms with van der Waals surface area (Å²) in [5.74, 6) is -6.56. The number of rotatable bonds is 35. The number of amides is 9. The molecule has 5 rings (SSSR count). The molecule has 3 aromatic carbocycles. The van der Waals surface area contributed by atoms with Crippen LogP contribution in [-0.2, 0) is 68.8 Å². The fourth-order valence-electron chi connectivity index (χ4n) is 9.56. The minimum atomic E-state index is -1.46. The SMILES string of the molecule is CCCN(CCCC(=O)N[C@@H](CS)C(=O)N[C@@H](Cc1ccc(O)cc1)C(=O)N[C@H](Cc1c[nH]c2ccccc12)C(=O)N[C@@H](CCCCN)C(=O)N[C@@H](CC)C(=O)N[C@@H](CS)C(=O)N[C@H](C(N)=O)[C@@H](C)O)CCc1cccc2c1CC(=O)N2. The molecule has 82 heavy (non-hydrogen) atoms. The summed E-state index contributed by atoms with van der Waals surface area (Å²) in [4.78, 5) is 127. The fraction of sp³-hybridized carbons (Fsp3) is 0.491. The van der Waals surface area contributed by atoms with Crippen molar-refractivity contribution < 1.29 is 53.4 Å². The molecule has 2 heterocycles. The summed E-state index contributed by atoms with van der Waals surface area (Å²) in [6, 6.07) is 9.94. The van der Waals surface area contributed by atoms with Crippen molar-refractivity contribution in [3.63, 3.8) is 0 Å². The summed E-state index contributed by atoms with van der Waals surface area (Å²) in [6.45, 7) is 7.33. The number of hydrogen-bond donors (Lipinski definition) is 15. The molecule has 0 fully saturated rings. The number of aromatic amines is 1. The van der Waals surface area contributed by atoms with Crippen molar-refractivity contribution >= 4 is 95.0 Å². The van der Waals surface area contributed by atoms with Crippen LogP contribution in [0, 0.1) is 0 Å². The number of thiol groups is 2. The molecule has 0 spiro atoms. The molecule has 8 atom stereocenters. The van der Waals surface area contributed by atoms with Gasteiger partial charge in [-0.15, -0.1) is 0 Å². The standard InChI is InChI=1S/C57H80N12O11S2/c1-4-24-69(26-22-35-12-10-16-42-39(35)29-49(73)61-42)25-11-17-48(72)62-46(31-81)56(79)65-44(27-34-18-20-37(71)21-19-34)54(77)66-45(28-36-30-60-41-14-7-6-13-38(36)41)55(78)64-43(15-8-9-23-58)53(76)63-40(5-2)52(75)67-47(32-82)57(80)68-50(33(3)70)51(59)74/h6-7,10,12-14,16,18-21,30,33,40,43-47,50,60,70-71,81-82H,4-5,8-9,11,15,17,22-29,31-32,58H2,1-3H3,(H2,59,74)(H,61,73)(H,62,72)(H,63,76)(H,64,78)(H,65,79)(H,66,77)(H,67,75)(H,68,80)/t33-,40+,43+,44+,45-,46+,47+,50+/m1/s1. The number of phenolic OH excluding ortho intramolecular Hbond substituents is 1. The molecule has 0 unspecified atom stereocenters. The Bertz CT molecular complexity index is 2840. The molecule has 15 N–H and O–H groups in total. The fourth-order valence-corrected chi connectivity index (χ4v) is 10.1. The van der Waals surface area contributed by atoms with Crippen LogP contribution in [0.4, 0.5) is 5.69 Å². The van der Waals surface area contributed by atoms with Gasteiger partial charge in [0.2, 0.25) is 53.2 Å². The predicted molar refractivity (Wildman–Crippen MR) is 318 cm³/mol. The van der Waals surface area contributed by atoms with Crippen LogP contribution in [0.25, 0.3) is 10.9 Å². The lowest BCUT2D eigenvalue weighted by atomic mass is 10.0. The van der Waals surface area contributed by atoms with Crippen LogP contribution in [0.3, 0.4) is 0 Å². The Morgan fingerprint density at radius 1 is 0.671 bits per heavy atom. The molecule has 1 aliphatic rings. The molecule has 446 valence electrons. The normalized spacial score (nSPS) is 14.9. The molecule has 25 heteroatoms. The number of primary amides is 1. The van der Waals surface area contributed by atoms with Crippen molar-refractivity contribution in [2.75, 3.05) is 43.0 Å². The molecule has 1 aliphatic heterocycles. The van der Waals surface area contributed by atoms with E-state index in [1.807, 2.05) is 42.5 Å². The van der Waals surface area contributed by atoms with Gasteiger partial charge >= 0.3 is 0 Å². The average molecular weight is 1170 g/mol. The number of nitrogens with zero attached hydrogens (tertiary/aromatic N) is 1. The van der Waals surface area contributed by atoms with Gasteiger partial charge in [-0.1, -0.05) is 56.3 Å². The van der Waals surface area contributed by atoms with Crippen LogP contribution in [0.1, 0.15) is 88.0 Å². The van der Waals surface area contributed by atoms with Gasteiger partial charge in [0.05, 0.1) is 12.5 Å². The minimum Gasteiger partial charge on any atom is -0.508 e.